The van der Waals surface area contributed by atoms with Crippen molar-refractivity contribution in [1.29, 1.82) is 0 Å². The Morgan fingerprint density at radius 3 is 1.97 bits per heavy atom. The van der Waals surface area contributed by atoms with Crippen LogP contribution in [0.25, 0.3) is 0 Å². The maximum absolute atomic E-state index is 13.8. The van der Waals surface area contributed by atoms with Crippen molar-refractivity contribution in [1.82, 2.24) is 0 Å². The third-order valence-corrected chi connectivity index (χ3v) is 4.82. The molecule has 5 nitrogen and oxygen atoms in total. The van der Waals surface area contributed by atoms with E-state index in [2.05, 4.69) is 62.6 Å². The number of thiocarbonyl (C=S) groups is 1. The summed E-state index contributed by atoms with van der Waals surface area (Å²) in [7, 11) is 3.25. The molecule has 0 spiro atoms. The number of hydrogen-bond donors (Lipinski definition) is 1. The highest BCUT2D eigenvalue weighted by molar-refractivity contribution is 9.10. The quantitative estimate of drug-likeness (QED) is 0.498. The number of aryl methyl sites for hydroxylation is 1. The van der Waals surface area contributed by atoms with Gasteiger partial charge in [-0.2, -0.15) is 0 Å². The number of nitrogens with zero attached hydrogens (tertiary/aromatic N) is 2. The van der Waals surface area contributed by atoms with Crippen LogP contribution in [-0.4, -0.2) is 52.2 Å². The van der Waals surface area contributed by atoms with Crippen LogP contribution in [0.2, 0.25) is 0 Å². The molecular weight excluding hydrogens is 476 g/mol. The molecular formula is C21H26BrF2N3O2S. The molecule has 3 rings (SSSR count). The first-order valence-corrected chi connectivity index (χ1v) is 10.3. The Kier molecular flexibility index (Phi) is 11.5. The van der Waals surface area contributed by atoms with Gasteiger partial charge in [0.2, 0.25) is 0 Å². The van der Waals surface area contributed by atoms with E-state index >= 15 is 0 Å². The summed E-state index contributed by atoms with van der Waals surface area (Å²) in [5.74, 6) is -1.63. The third-order valence-electron chi connectivity index (χ3n) is 4.33. The van der Waals surface area contributed by atoms with Crippen LogP contribution in [0, 0.1) is 18.6 Å². The minimum Gasteiger partial charge on any atom is -0.396 e. The molecule has 0 radical (unpaired) electrons. The van der Waals surface area contributed by atoms with Gasteiger partial charge in [-0.1, -0.05) is 28.1 Å². The lowest BCUT2D eigenvalue weighted by molar-refractivity contribution is 0.111. The molecule has 1 aliphatic heterocycles. The summed E-state index contributed by atoms with van der Waals surface area (Å²) in [6.07, 6.45) is 0.211. The fraction of sp³-hybridized carbons (Fsp3) is 0.333. The van der Waals surface area contributed by atoms with Gasteiger partial charge in [0.15, 0.2) is 6.29 Å². The number of methoxy groups -OCH3 is 1. The lowest BCUT2D eigenvalue weighted by atomic mass is 10.1. The van der Waals surface area contributed by atoms with E-state index in [9.17, 15) is 13.6 Å². The van der Waals surface area contributed by atoms with Crippen molar-refractivity contribution in [2.24, 2.45) is 5.73 Å². The van der Waals surface area contributed by atoms with E-state index in [1.165, 1.54) is 23.4 Å². The largest absolute Gasteiger partial charge is 0.396 e. The van der Waals surface area contributed by atoms with Crippen LogP contribution < -0.4 is 15.5 Å². The molecule has 0 bridgehead atoms. The van der Waals surface area contributed by atoms with Crippen LogP contribution in [0.5, 0.6) is 0 Å². The Balaban J connectivity index is 0.000000672. The number of carbonyl (C=O) groups excluding carboxylic acids is 1. The van der Waals surface area contributed by atoms with E-state index in [0.29, 0.717) is 18.8 Å². The number of halogens is 3. The lowest BCUT2D eigenvalue weighted by Crippen LogP contribution is -2.46. The standard InChI is InChI=1S/C18H17BrF2N2O.C2H6O.CH3NS/c1-12-8-13(19)2-3-18(12)23-6-4-22(5-7-23)14-9-16(20)15(11-24)17(21)10-14;1-3-2;2-1-3/h2-3,8-11H,4-7H2,1H3;1-2H3;1H,(H2,2,3). The van der Waals surface area contributed by atoms with Gasteiger partial charge in [-0.05, 0) is 42.8 Å². The lowest BCUT2D eigenvalue weighted by Gasteiger charge is -2.38. The van der Waals surface area contributed by atoms with Crippen molar-refractivity contribution in [3.63, 3.8) is 0 Å². The molecule has 0 aliphatic carbocycles. The molecule has 2 aromatic carbocycles. The number of aldehydes is 1. The summed E-state index contributed by atoms with van der Waals surface area (Å²) in [6, 6.07) is 8.62. The average Bonchev–Trinajstić information content (AvgIpc) is 2.69. The van der Waals surface area contributed by atoms with Gasteiger partial charge >= 0.3 is 0 Å². The van der Waals surface area contributed by atoms with Crippen molar-refractivity contribution >= 4 is 51.3 Å². The number of piperazine rings is 1. The first kappa shape index (κ1) is 25.9. The zero-order valence-electron chi connectivity index (χ0n) is 17.2. The minimum absolute atomic E-state index is 0.211. The molecule has 1 heterocycles. The van der Waals surface area contributed by atoms with E-state index in [1.54, 1.807) is 14.2 Å². The van der Waals surface area contributed by atoms with Gasteiger partial charge in [-0.15, -0.1) is 0 Å². The predicted molar refractivity (Wildman–Crippen MR) is 126 cm³/mol. The highest BCUT2D eigenvalue weighted by atomic mass is 79.9. The monoisotopic (exact) mass is 501 g/mol. The van der Waals surface area contributed by atoms with Gasteiger partial charge in [-0.3, -0.25) is 4.79 Å². The molecule has 9 heteroatoms. The van der Waals surface area contributed by atoms with Crippen LogP contribution in [0.1, 0.15) is 15.9 Å². The molecule has 0 aromatic heterocycles. The third kappa shape index (κ3) is 7.30. The topological polar surface area (TPSA) is 58.8 Å². The first-order valence-electron chi connectivity index (χ1n) is 9.08. The summed E-state index contributed by atoms with van der Waals surface area (Å²) in [4.78, 5) is 14.9. The summed E-state index contributed by atoms with van der Waals surface area (Å²) in [5.41, 5.74) is 7.94. The number of rotatable bonds is 3. The van der Waals surface area contributed by atoms with E-state index in [-0.39, 0.29) is 6.29 Å². The van der Waals surface area contributed by atoms with Gasteiger partial charge < -0.3 is 20.3 Å². The molecule has 2 N–H and O–H groups in total. The molecule has 0 atom stereocenters. The number of anilines is 2. The highest BCUT2D eigenvalue weighted by Gasteiger charge is 2.21. The van der Waals surface area contributed by atoms with Crippen molar-refractivity contribution in [2.45, 2.75) is 6.92 Å². The van der Waals surface area contributed by atoms with Gasteiger partial charge in [-0.25, -0.2) is 8.78 Å². The van der Waals surface area contributed by atoms with E-state index in [4.69, 9.17) is 0 Å². The molecule has 1 aliphatic rings. The molecule has 1 saturated heterocycles. The van der Waals surface area contributed by atoms with Crippen molar-refractivity contribution in [3.05, 3.63) is 57.6 Å². The Morgan fingerprint density at radius 1 is 1.07 bits per heavy atom. The Labute approximate surface area is 189 Å². The van der Waals surface area contributed by atoms with Crippen LogP contribution in [0.15, 0.2) is 34.8 Å². The highest BCUT2D eigenvalue weighted by Crippen LogP contribution is 2.27. The predicted octanol–water partition coefficient (Wildman–Crippen LogP) is 4.34. The summed E-state index contributed by atoms with van der Waals surface area (Å²) < 4.78 is 32.9. The summed E-state index contributed by atoms with van der Waals surface area (Å²) >= 11 is 7.51. The summed E-state index contributed by atoms with van der Waals surface area (Å²) in [6.45, 7) is 4.92. The number of hydrogen-bond acceptors (Lipinski definition) is 5. The maximum Gasteiger partial charge on any atom is 0.155 e. The van der Waals surface area contributed by atoms with Crippen LogP contribution in [0.3, 0.4) is 0 Å². The Morgan fingerprint density at radius 2 is 1.53 bits per heavy atom. The van der Waals surface area contributed by atoms with E-state index in [0.717, 1.165) is 23.1 Å². The van der Waals surface area contributed by atoms with Gasteiger partial charge in [0.25, 0.3) is 0 Å². The molecule has 1 fully saturated rings. The van der Waals surface area contributed by atoms with Crippen LogP contribution in [-0.2, 0) is 4.74 Å². The fourth-order valence-electron chi connectivity index (χ4n) is 3.05. The first-order chi connectivity index (χ1) is 14.3. The Bertz CT molecular complexity index is 824. The SMILES string of the molecule is COC.Cc1cc(Br)ccc1N1CCN(c2cc(F)c(C=O)c(F)c2)CC1.NC=S. The summed E-state index contributed by atoms with van der Waals surface area (Å²) in [5, 5.41) is 0. The number of nitrogens with two attached hydrogens (primary N) is 1. The second-order valence-corrected chi connectivity index (χ2v) is 7.58. The number of ether oxygens (including phenoxy) is 1. The van der Waals surface area contributed by atoms with Crippen molar-refractivity contribution in [2.75, 3.05) is 50.2 Å². The zero-order chi connectivity index (χ0) is 22.7. The number of benzene rings is 2. The second-order valence-electron chi connectivity index (χ2n) is 6.39. The molecule has 164 valence electrons. The Hall–Kier alpha value is -2.10. The van der Waals surface area contributed by atoms with Crippen molar-refractivity contribution in [3.8, 4) is 0 Å². The van der Waals surface area contributed by atoms with Crippen LogP contribution in [0.4, 0.5) is 20.2 Å². The van der Waals surface area contributed by atoms with E-state index < -0.39 is 17.2 Å². The van der Waals surface area contributed by atoms with Crippen molar-refractivity contribution < 1.29 is 18.3 Å². The zero-order valence-corrected chi connectivity index (χ0v) is 19.6. The normalized spacial score (nSPS) is 12.9. The van der Waals surface area contributed by atoms with Gasteiger partial charge in [0.05, 0.1) is 11.1 Å². The number of carbonyl (C=O) groups is 1. The fourth-order valence-corrected chi connectivity index (χ4v) is 3.52. The smallest absolute Gasteiger partial charge is 0.155 e. The molecule has 30 heavy (non-hydrogen) atoms. The molecule has 0 amide bonds. The molecule has 2 aromatic rings. The maximum atomic E-state index is 13.8. The van der Waals surface area contributed by atoms with Gasteiger partial charge in [0.1, 0.15) is 11.6 Å². The van der Waals surface area contributed by atoms with E-state index in [1.807, 2.05) is 11.0 Å². The second kappa shape index (κ2) is 13.3. The van der Waals surface area contributed by atoms with Crippen LogP contribution >= 0.6 is 28.1 Å². The molecule has 0 saturated carbocycles. The molecule has 0 unspecified atom stereocenters. The average molecular weight is 502 g/mol. The minimum atomic E-state index is -0.814. The van der Waals surface area contributed by atoms with Gasteiger partial charge in [0, 0.05) is 56.2 Å².